The molecule has 0 heterocycles. The maximum Gasteiger partial charge on any atom is 0.266 e. The first-order valence-electron chi connectivity index (χ1n) is 4.42. The molecule has 15 heavy (non-hydrogen) atoms. The van der Waals surface area contributed by atoms with Crippen molar-refractivity contribution in [3.63, 3.8) is 0 Å². The van der Waals surface area contributed by atoms with Crippen molar-refractivity contribution in [1.82, 2.24) is 5.32 Å². The van der Waals surface area contributed by atoms with Crippen LogP contribution in [-0.2, 0) is 4.79 Å². The first-order chi connectivity index (χ1) is 6.93. The van der Waals surface area contributed by atoms with Crippen LogP contribution in [0.1, 0.15) is 19.8 Å². The van der Waals surface area contributed by atoms with Gasteiger partial charge in [0.05, 0.1) is 6.04 Å². The molecule has 0 saturated heterocycles. The first kappa shape index (κ1) is 13.3. The number of hydrogen-bond donors (Lipinski definition) is 3. The summed E-state index contributed by atoms with van der Waals surface area (Å²) in [7, 11) is 0. The van der Waals surface area contributed by atoms with Gasteiger partial charge in [0.15, 0.2) is 5.03 Å². The molecule has 0 aliphatic rings. The van der Waals surface area contributed by atoms with E-state index >= 15 is 0 Å². The zero-order chi connectivity index (χ0) is 11.8. The van der Waals surface area contributed by atoms with Crippen LogP contribution in [-0.4, -0.2) is 29.4 Å². The molecule has 86 valence electrons. The van der Waals surface area contributed by atoms with Crippen molar-refractivity contribution < 1.29 is 9.83 Å². The van der Waals surface area contributed by atoms with Crippen LogP contribution in [0.4, 0.5) is 0 Å². The highest BCUT2D eigenvalue weighted by Crippen LogP contribution is 1.93. The van der Waals surface area contributed by atoms with E-state index in [1.54, 1.807) is 0 Å². The van der Waals surface area contributed by atoms with Gasteiger partial charge in [0.1, 0.15) is 10.9 Å². The van der Waals surface area contributed by atoms with Crippen LogP contribution in [0.15, 0.2) is 5.10 Å². The van der Waals surface area contributed by atoms with E-state index < -0.39 is 11.1 Å². The average molecular weight is 217 g/mol. The SMILES string of the molecule is CC(=O)C(N)CCCN/C(N)=N\[N+](=O)[O-]. The van der Waals surface area contributed by atoms with E-state index in [-0.39, 0.29) is 11.7 Å². The van der Waals surface area contributed by atoms with Gasteiger partial charge in [-0.3, -0.25) is 4.79 Å². The quantitative estimate of drug-likeness (QED) is 0.168. The number of nitrogens with two attached hydrogens (primary N) is 2. The van der Waals surface area contributed by atoms with E-state index in [1.165, 1.54) is 6.92 Å². The molecule has 0 aromatic rings. The van der Waals surface area contributed by atoms with Gasteiger partial charge in [-0.25, -0.2) is 10.1 Å². The van der Waals surface area contributed by atoms with Crippen LogP contribution in [0.25, 0.3) is 0 Å². The number of carbonyl (C=O) groups is 1. The third kappa shape index (κ3) is 7.38. The van der Waals surface area contributed by atoms with Crippen molar-refractivity contribution in [1.29, 1.82) is 0 Å². The number of nitro groups is 1. The van der Waals surface area contributed by atoms with Gasteiger partial charge in [0.2, 0.25) is 0 Å². The summed E-state index contributed by atoms with van der Waals surface area (Å²) in [5.74, 6) is -0.335. The van der Waals surface area contributed by atoms with Crippen LogP contribution < -0.4 is 16.8 Å². The average Bonchev–Trinajstić information content (AvgIpc) is 2.10. The summed E-state index contributed by atoms with van der Waals surface area (Å²) in [6.45, 7) is 1.81. The van der Waals surface area contributed by atoms with Crippen LogP contribution in [0.2, 0.25) is 0 Å². The molecule has 1 unspecified atom stereocenters. The lowest BCUT2D eigenvalue weighted by atomic mass is 10.1. The smallest absolute Gasteiger partial charge is 0.266 e. The molecule has 1 atom stereocenters. The van der Waals surface area contributed by atoms with Crippen LogP contribution in [0.5, 0.6) is 0 Å². The zero-order valence-corrected chi connectivity index (χ0v) is 8.47. The molecule has 0 saturated carbocycles. The number of carbonyl (C=O) groups excluding carboxylic acids is 1. The number of nitrogens with one attached hydrogen (secondary N) is 1. The number of hydrogen-bond acceptors (Lipinski definition) is 4. The lowest BCUT2D eigenvalue weighted by Gasteiger charge is -2.07. The summed E-state index contributed by atoms with van der Waals surface area (Å²) in [6, 6.07) is -0.486. The minimum Gasteiger partial charge on any atom is -0.365 e. The maximum absolute atomic E-state index is 10.7. The molecule has 0 aliphatic carbocycles. The normalized spacial score (nSPS) is 13.3. The van der Waals surface area contributed by atoms with E-state index in [9.17, 15) is 14.9 Å². The molecule has 0 aliphatic heterocycles. The molecule has 0 amide bonds. The second-order valence-electron chi connectivity index (χ2n) is 3.01. The van der Waals surface area contributed by atoms with Crippen molar-refractivity contribution in [2.45, 2.75) is 25.8 Å². The van der Waals surface area contributed by atoms with E-state index in [1.807, 2.05) is 0 Å². The van der Waals surface area contributed by atoms with Gasteiger partial charge in [-0.2, -0.15) is 0 Å². The summed E-state index contributed by atoms with van der Waals surface area (Å²) >= 11 is 0. The Balaban J connectivity index is 3.63. The summed E-state index contributed by atoms with van der Waals surface area (Å²) in [6.07, 6.45) is 1.10. The highest BCUT2D eigenvalue weighted by molar-refractivity contribution is 5.81. The van der Waals surface area contributed by atoms with Crippen LogP contribution in [0.3, 0.4) is 0 Å². The number of Topliss-reactive ketones (excluding diaryl/α,β-unsaturated/α-hetero) is 1. The van der Waals surface area contributed by atoms with Crippen LogP contribution >= 0.6 is 0 Å². The van der Waals surface area contributed by atoms with Gasteiger partial charge in [-0.15, -0.1) is 0 Å². The Kier molecular flexibility index (Phi) is 5.95. The molecule has 0 aromatic heterocycles. The molecule has 5 N–H and O–H groups in total. The largest absolute Gasteiger partial charge is 0.365 e. The summed E-state index contributed by atoms with van der Waals surface area (Å²) in [5.41, 5.74) is 10.6. The van der Waals surface area contributed by atoms with E-state index in [2.05, 4.69) is 10.4 Å². The molecule has 0 fully saturated rings. The highest BCUT2D eigenvalue weighted by atomic mass is 16.7. The van der Waals surface area contributed by atoms with Gasteiger partial charge in [-0.05, 0) is 19.8 Å². The summed E-state index contributed by atoms with van der Waals surface area (Å²) in [5, 5.41) is 14.4. The molecular formula is C7H15N5O3. The summed E-state index contributed by atoms with van der Waals surface area (Å²) in [4.78, 5) is 20.6. The standard InChI is InChI=1S/C7H15N5O3/c1-5(13)6(8)3-2-4-10-7(9)11-12(14)15/h6H,2-4,8H2,1H3,(H3,9,10,11). The predicted molar refractivity (Wildman–Crippen MR) is 54.5 cm³/mol. The molecular weight excluding hydrogens is 202 g/mol. The molecule has 0 radical (unpaired) electrons. The number of rotatable bonds is 6. The van der Waals surface area contributed by atoms with Gasteiger partial charge < -0.3 is 16.8 Å². The van der Waals surface area contributed by atoms with E-state index in [0.717, 1.165) is 0 Å². The number of ketones is 1. The Hall–Kier alpha value is -1.70. The maximum atomic E-state index is 10.7. The minimum atomic E-state index is -0.885. The third-order valence-electron chi connectivity index (χ3n) is 1.71. The third-order valence-corrected chi connectivity index (χ3v) is 1.71. The van der Waals surface area contributed by atoms with Crippen molar-refractivity contribution in [3.05, 3.63) is 10.1 Å². The number of guanidine groups is 1. The van der Waals surface area contributed by atoms with E-state index in [4.69, 9.17) is 11.5 Å². The highest BCUT2D eigenvalue weighted by Gasteiger charge is 2.07. The topological polar surface area (TPSA) is 137 Å². The molecule has 0 rings (SSSR count). The van der Waals surface area contributed by atoms with Gasteiger partial charge >= 0.3 is 0 Å². The first-order valence-corrected chi connectivity index (χ1v) is 4.42. The monoisotopic (exact) mass is 217 g/mol. The minimum absolute atomic E-state index is 0.0815. The van der Waals surface area contributed by atoms with Crippen LogP contribution in [0, 0.1) is 10.1 Å². The Labute approximate surface area is 86.8 Å². The predicted octanol–water partition coefficient (Wildman–Crippen LogP) is -1.22. The molecule has 0 aromatic carbocycles. The molecule has 8 nitrogen and oxygen atoms in total. The zero-order valence-electron chi connectivity index (χ0n) is 8.47. The van der Waals surface area contributed by atoms with Gasteiger partial charge in [0, 0.05) is 6.54 Å². The fourth-order valence-electron chi connectivity index (χ4n) is 0.865. The van der Waals surface area contributed by atoms with Crippen molar-refractivity contribution >= 4 is 11.7 Å². The lowest BCUT2D eigenvalue weighted by molar-refractivity contribution is -0.485. The fourth-order valence-corrected chi connectivity index (χ4v) is 0.865. The fraction of sp³-hybridized carbons (Fsp3) is 0.714. The number of hydrazone groups is 1. The van der Waals surface area contributed by atoms with Crippen molar-refractivity contribution in [2.24, 2.45) is 16.6 Å². The second kappa shape index (κ2) is 6.71. The Bertz CT molecular complexity index is 265. The Morgan fingerprint density at radius 2 is 2.27 bits per heavy atom. The van der Waals surface area contributed by atoms with Gasteiger partial charge in [0.25, 0.3) is 5.96 Å². The second-order valence-corrected chi connectivity index (χ2v) is 3.01. The molecule has 8 heteroatoms. The lowest BCUT2D eigenvalue weighted by Crippen LogP contribution is -2.34. The Morgan fingerprint density at radius 3 is 2.73 bits per heavy atom. The van der Waals surface area contributed by atoms with E-state index in [0.29, 0.717) is 19.4 Å². The molecule has 0 bridgehead atoms. The number of nitrogens with zero attached hydrogens (tertiary/aromatic N) is 2. The summed E-state index contributed by atoms with van der Waals surface area (Å²) < 4.78 is 0. The van der Waals surface area contributed by atoms with Crippen molar-refractivity contribution in [3.8, 4) is 0 Å². The Morgan fingerprint density at radius 1 is 1.67 bits per heavy atom. The molecule has 0 spiro atoms. The van der Waals surface area contributed by atoms with Gasteiger partial charge in [-0.1, -0.05) is 0 Å². The van der Waals surface area contributed by atoms with Crippen molar-refractivity contribution in [2.75, 3.05) is 6.54 Å².